The van der Waals surface area contributed by atoms with E-state index >= 15 is 0 Å². The summed E-state index contributed by atoms with van der Waals surface area (Å²) in [5, 5.41) is 23.3. The van der Waals surface area contributed by atoms with Gasteiger partial charge in [-0.15, -0.1) is 0 Å². The van der Waals surface area contributed by atoms with Gasteiger partial charge in [-0.2, -0.15) is 5.26 Å². The Hall–Kier alpha value is -2.54. The Balaban J connectivity index is 2.31. The first-order valence-corrected chi connectivity index (χ1v) is 6.58. The second kappa shape index (κ2) is 6.07. The number of phenolic OH excluding ortho intramolecular Hbond substituents is 1. The number of hydrogen-bond donors (Lipinski definition) is 2. The van der Waals surface area contributed by atoms with Crippen LogP contribution in [0.3, 0.4) is 0 Å². The number of aromatic hydroxyl groups is 1. The molecule has 102 valence electrons. The smallest absolute Gasteiger partial charge is 0.256 e. The number of nitrogens with zero attached hydrogens (tertiary/aromatic N) is 1. The molecule has 4 nitrogen and oxygen atoms in total. The topological polar surface area (TPSA) is 73.1 Å². The molecule has 0 radical (unpaired) electrons. The summed E-state index contributed by atoms with van der Waals surface area (Å²) in [5.74, 6) is -0.470. The Morgan fingerprint density at radius 1 is 1.35 bits per heavy atom. The molecule has 2 aromatic rings. The van der Waals surface area contributed by atoms with Crippen LogP contribution in [-0.4, -0.2) is 17.1 Å². The highest BCUT2D eigenvalue weighted by Gasteiger charge is 2.16. The Morgan fingerprint density at radius 2 is 2.10 bits per heavy atom. The molecule has 0 aromatic heterocycles. The van der Waals surface area contributed by atoms with Crippen LogP contribution < -0.4 is 5.32 Å². The normalized spacial score (nSPS) is 11.8. The minimum Gasteiger partial charge on any atom is -0.506 e. The molecule has 0 spiro atoms. The van der Waals surface area contributed by atoms with Gasteiger partial charge in [-0.1, -0.05) is 43.7 Å². The third kappa shape index (κ3) is 2.72. The first-order valence-electron chi connectivity index (χ1n) is 6.58. The fourth-order valence-electron chi connectivity index (χ4n) is 2.13. The van der Waals surface area contributed by atoms with Crippen LogP contribution in [0.1, 0.15) is 30.1 Å². The molecule has 20 heavy (non-hydrogen) atoms. The van der Waals surface area contributed by atoms with Crippen LogP contribution >= 0.6 is 0 Å². The molecule has 1 atom stereocenters. The second-order valence-corrected chi connectivity index (χ2v) is 4.63. The third-order valence-corrected chi connectivity index (χ3v) is 3.18. The zero-order valence-electron chi connectivity index (χ0n) is 11.3. The van der Waals surface area contributed by atoms with Gasteiger partial charge in [0.25, 0.3) is 5.91 Å². The molecule has 0 aliphatic heterocycles. The Kier molecular flexibility index (Phi) is 4.21. The Morgan fingerprint density at radius 3 is 2.80 bits per heavy atom. The fourth-order valence-corrected chi connectivity index (χ4v) is 2.13. The fraction of sp³-hybridized carbons (Fsp3) is 0.250. The van der Waals surface area contributed by atoms with Crippen molar-refractivity contribution in [1.29, 1.82) is 5.26 Å². The second-order valence-electron chi connectivity index (χ2n) is 4.63. The summed E-state index contributed by atoms with van der Waals surface area (Å²) in [6.07, 6.45) is 1.40. The summed E-state index contributed by atoms with van der Waals surface area (Å²) in [6.45, 7) is 1.95. The monoisotopic (exact) mass is 268 g/mol. The van der Waals surface area contributed by atoms with Crippen LogP contribution in [-0.2, 0) is 0 Å². The molecule has 0 bridgehead atoms. The van der Waals surface area contributed by atoms with E-state index in [0.717, 1.165) is 11.8 Å². The van der Waals surface area contributed by atoms with Crippen molar-refractivity contribution in [2.45, 2.75) is 25.8 Å². The van der Waals surface area contributed by atoms with Gasteiger partial charge >= 0.3 is 0 Å². The number of rotatable bonds is 4. The molecule has 2 aromatic carbocycles. The van der Waals surface area contributed by atoms with E-state index in [2.05, 4.69) is 5.32 Å². The molecule has 2 rings (SSSR count). The number of carbonyl (C=O) groups excluding carboxylic acids is 1. The third-order valence-electron chi connectivity index (χ3n) is 3.18. The minimum absolute atomic E-state index is 0.0474. The SMILES string of the molecule is CCCC(C#N)NC(=O)c1ccc2ccccc2c1O. The van der Waals surface area contributed by atoms with E-state index in [1.54, 1.807) is 24.3 Å². The van der Waals surface area contributed by atoms with Gasteiger partial charge in [0.05, 0.1) is 11.6 Å². The minimum atomic E-state index is -0.529. The predicted molar refractivity (Wildman–Crippen MR) is 77.4 cm³/mol. The van der Waals surface area contributed by atoms with Crippen molar-refractivity contribution < 1.29 is 9.90 Å². The summed E-state index contributed by atoms with van der Waals surface area (Å²) < 4.78 is 0. The number of hydrogen-bond acceptors (Lipinski definition) is 3. The predicted octanol–water partition coefficient (Wildman–Crippen LogP) is 2.97. The lowest BCUT2D eigenvalue weighted by atomic mass is 10.0. The van der Waals surface area contributed by atoms with E-state index in [9.17, 15) is 9.90 Å². The summed E-state index contributed by atoms with van der Waals surface area (Å²) in [4.78, 5) is 12.1. The molecule has 0 saturated heterocycles. The van der Waals surface area contributed by atoms with Gasteiger partial charge in [0.1, 0.15) is 11.8 Å². The zero-order valence-corrected chi connectivity index (χ0v) is 11.3. The summed E-state index contributed by atoms with van der Waals surface area (Å²) in [5.41, 5.74) is 0.194. The largest absolute Gasteiger partial charge is 0.506 e. The average Bonchev–Trinajstić information content (AvgIpc) is 2.47. The molecule has 0 aliphatic rings. The first-order chi connectivity index (χ1) is 9.67. The molecule has 0 fully saturated rings. The maximum atomic E-state index is 12.1. The maximum absolute atomic E-state index is 12.1. The lowest BCUT2D eigenvalue weighted by Crippen LogP contribution is -2.33. The Bertz CT molecular complexity index is 674. The quantitative estimate of drug-likeness (QED) is 0.895. The number of nitrogens with one attached hydrogen (secondary N) is 1. The van der Waals surface area contributed by atoms with Crippen molar-refractivity contribution in [2.24, 2.45) is 0 Å². The van der Waals surface area contributed by atoms with E-state index in [0.29, 0.717) is 11.8 Å². The van der Waals surface area contributed by atoms with Crippen LogP contribution in [0, 0.1) is 11.3 Å². The molecule has 4 heteroatoms. The van der Waals surface area contributed by atoms with E-state index in [1.807, 2.05) is 25.1 Å². The van der Waals surface area contributed by atoms with Crippen LogP contribution in [0.5, 0.6) is 5.75 Å². The first kappa shape index (κ1) is 13.9. The van der Waals surface area contributed by atoms with Crippen molar-refractivity contribution in [2.75, 3.05) is 0 Å². The van der Waals surface area contributed by atoms with Gasteiger partial charge in [-0.05, 0) is 17.9 Å². The standard InChI is InChI=1S/C16H16N2O2/c1-2-5-12(10-17)18-16(20)14-9-8-11-6-3-4-7-13(11)15(14)19/h3-4,6-9,12,19H,2,5H2,1H3,(H,18,20). The molecule has 1 amide bonds. The van der Waals surface area contributed by atoms with Crippen molar-refractivity contribution in [3.63, 3.8) is 0 Å². The van der Waals surface area contributed by atoms with E-state index in [-0.39, 0.29) is 11.3 Å². The van der Waals surface area contributed by atoms with Gasteiger partial charge in [-0.25, -0.2) is 0 Å². The molecular formula is C16H16N2O2. The highest BCUT2D eigenvalue weighted by atomic mass is 16.3. The molecule has 1 unspecified atom stereocenters. The number of benzene rings is 2. The summed E-state index contributed by atoms with van der Waals surface area (Å²) >= 11 is 0. The highest BCUT2D eigenvalue weighted by molar-refractivity contribution is 6.03. The van der Waals surface area contributed by atoms with Crippen molar-refractivity contribution in [3.05, 3.63) is 42.0 Å². The van der Waals surface area contributed by atoms with Gasteiger partial charge in [0.15, 0.2) is 0 Å². The Labute approximate surface area is 117 Å². The van der Waals surface area contributed by atoms with Crippen molar-refractivity contribution in [1.82, 2.24) is 5.32 Å². The van der Waals surface area contributed by atoms with Gasteiger partial charge in [0.2, 0.25) is 0 Å². The van der Waals surface area contributed by atoms with Crippen LogP contribution in [0.4, 0.5) is 0 Å². The van der Waals surface area contributed by atoms with Crippen LogP contribution in [0.15, 0.2) is 36.4 Å². The van der Waals surface area contributed by atoms with Crippen LogP contribution in [0.25, 0.3) is 10.8 Å². The van der Waals surface area contributed by atoms with E-state index in [4.69, 9.17) is 5.26 Å². The molecule has 0 aliphatic carbocycles. The molecule has 2 N–H and O–H groups in total. The molecule has 0 saturated carbocycles. The lowest BCUT2D eigenvalue weighted by Gasteiger charge is -2.12. The van der Waals surface area contributed by atoms with Gasteiger partial charge in [-0.3, -0.25) is 4.79 Å². The highest BCUT2D eigenvalue weighted by Crippen LogP contribution is 2.28. The van der Waals surface area contributed by atoms with Gasteiger partial charge < -0.3 is 10.4 Å². The van der Waals surface area contributed by atoms with E-state index < -0.39 is 11.9 Å². The van der Waals surface area contributed by atoms with Crippen molar-refractivity contribution in [3.8, 4) is 11.8 Å². The number of amides is 1. The van der Waals surface area contributed by atoms with Crippen LogP contribution in [0.2, 0.25) is 0 Å². The maximum Gasteiger partial charge on any atom is 0.256 e. The number of phenols is 1. The summed E-state index contributed by atoms with van der Waals surface area (Å²) in [6, 6.07) is 12.2. The van der Waals surface area contributed by atoms with Crippen molar-refractivity contribution >= 4 is 16.7 Å². The lowest BCUT2D eigenvalue weighted by molar-refractivity contribution is 0.0941. The number of carbonyl (C=O) groups is 1. The summed E-state index contributed by atoms with van der Waals surface area (Å²) in [7, 11) is 0. The number of fused-ring (bicyclic) bond motifs is 1. The molecular weight excluding hydrogens is 252 g/mol. The van der Waals surface area contributed by atoms with E-state index in [1.165, 1.54) is 0 Å². The molecule has 0 heterocycles. The number of nitriles is 1. The zero-order chi connectivity index (χ0) is 14.5. The van der Waals surface area contributed by atoms with Gasteiger partial charge in [0, 0.05) is 5.39 Å². The average molecular weight is 268 g/mol.